The minimum Gasteiger partial charge on any atom is -0.268 e. The minimum atomic E-state index is -0.163. The number of rotatable bonds is 3. The third kappa shape index (κ3) is 3.33. The van der Waals surface area contributed by atoms with Crippen LogP contribution in [0.3, 0.4) is 0 Å². The van der Waals surface area contributed by atoms with Crippen LogP contribution in [0.5, 0.6) is 0 Å². The molecule has 0 aliphatic carbocycles. The van der Waals surface area contributed by atoms with Gasteiger partial charge in [0.15, 0.2) is 5.65 Å². The Hall–Kier alpha value is -3.70. The van der Waals surface area contributed by atoms with Gasteiger partial charge in [0, 0.05) is 10.6 Å². The van der Waals surface area contributed by atoms with Crippen LogP contribution in [0.4, 0.5) is 0 Å². The highest BCUT2D eigenvalue weighted by Gasteiger charge is 2.19. The van der Waals surface area contributed by atoms with Crippen LogP contribution in [0.2, 0.25) is 5.02 Å². The molecule has 5 aromatic rings. The lowest BCUT2D eigenvalue weighted by Gasteiger charge is -2.16. The lowest BCUT2D eigenvalue weighted by molar-refractivity contribution is 0.887. The maximum absolute atomic E-state index is 13.7. The Balaban J connectivity index is 1.87. The quantitative estimate of drug-likeness (QED) is 0.382. The zero-order chi connectivity index (χ0) is 21.5. The molecule has 6 heteroatoms. The van der Waals surface area contributed by atoms with Crippen molar-refractivity contribution in [2.45, 2.75) is 13.8 Å². The maximum atomic E-state index is 13.7. The van der Waals surface area contributed by atoms with Gasteiger partial charge in [-0.2, -0.15) is 5.10 Å². The minimum absolute atomic E-state index is 0.163. The first kappa shape index (κ1) is 19.3. The molecule has 0 bridgehead atoms. The van der Waals surface area contributed by atoms with E-state index in [9.17, 15) is 4.79 Å². The number of aromatic nitrogens is 4. The standard InChI is InChI=1S/C25H19ClN4O/c1-16-8-13-22(17(2)14-16)29-23(18-9-11-19(26)12-10-18)28-24-21(25(29)31)15-27-30(24)20-6-4-3-5-7-20/h3-15H,1-2H3. The molecule has 0 fully saturated rings. The molecule has 0 N–H and O–H groups in total. The first-order valence-corrected chi connectivity index (χ1v) is 10.3. The number of aryl methyl sites for hydroxylation is 2. The van der Waals surface area contributed by atoms with Gasteiger partial charge in [-0.3, -0.25) is 9.36 Å². The topological polar surface area (TPSA) is 52.7 Å². The fourth-order valence-electron chi connectivity index (χ4n) is 3.80. The predicted octanol–water partition coefficient (Wildman–Crippen LogP) is 5.51. The third-order valence-corrected chi connectivity index (χ3v) is 5.55. The van der Waals surface area contributed by atoms with Crippen LogP contribution in [-0.2, 0) is 0 Å². The normalized spacial score (nSPS) is 11.2. The van der Waals surface area contributed by atoms with Crippen LogP contribution in [0.25, 0.3) is 33.8 Å². The van der Waals surface area contributed by atoms with Crippen LogP contribution in [-0.4, -0.2) is 19.3 Å². The van der Waals surface area contributed by atoms with E-state index in [0.29, 0.717) is 21.9 Å². The molecule has 2 heterocycles. The summed E-state index contributed by atoms with van der Waals surface area (Å²) in [5.41, 5.74) is 4.91. The maximum Gasteiger partial charge on any atom is 0.269 e. The molecular formula is C25H19ClN4O. The summed E-state index contributed by atoms with van der Waals surface area (Å²) >= 11 is 6.11. The second kappa shape index (κ2) is 7.52. The van der Waals surface area contributed by atoms with Crippen molar-refractivity contribution in [1.29, 1.82) is 0 Å². The first-order chi connectivity index (χ1) is 15.0. The smallest absolute Gasteiger partial charge is 0.268 e. The highest BCUT2D eigenvalue weighted by Crippen LogP contribution is 2.26. The van der Waals surface area contributed by atoms with Crippen LogP contribution >= 0.6 is 11.6 Å². The van der Waals surface area contributed by atoms with Gasteiger partial charge in [-0.25, -0.2) is 9.67 Å². The van der Waals surface area contributed by atoms with Crippen LogP contribution in [0.1, 0.15) is 11.1 Å². The van der Waals surface area contributed by atoms with E-state index in [1.807, 2.05) is 68.4 Å². The van der Waals surface area contributed by atoms with Gasteiger partial charge >= 0.3 is 0 Å². The number of nitrogens with zero attached hydrogens (tertiary/aromatic N) is 4. The molecule has 2 aromatic heterocycles. The summed E-state index contributed by atoms with van der Waals surface area (Å²) in [5.74, 6) is 0.541. The van der Waals surface area contributed by atoms with E-state index in [0.717, 1.165) is 28.1 Å². The van der Waals surface area contributed by atoms with Gasteiger partial charge in [0.1, 0.15) is 11.2 Å². The van der Waals surface area contributed by atoms with E-state index in [2.05, 4.69) is 11.2 Å². The molecule has 0 aliphatic heterocycles. The molecule has 0 saturated heterocycles. The molecule has 3 aromatic carbocycles. The number of hydrogen-bond donors (Lipinski definition) is 0. The molecule has 5 nitrogen and oxygen atoms in total. The molecule has 0 radical (unpaired) electrons. The van der Waals surface area contributed by atoms with Crippen molar-refractivity contribution in [2.75, 3.05) is 0 Å². The van der Waals surface area contributed by atoms with Crippen LogP contribution < -0.4 is 5.56 Å². The summed E-state index contributed by atoms with van der Waals surface area (Å²) in [6, 6.07) is 23.0. The summed E-state index contributed by atoms with van der Waals surface area (Å²) in [6.07, 6.45) is 1.59. The monoisotopic (exact) mass is 426 g/mol. The Morgan fingerprint density at radius 3 is 2.35 bits per heavy atom. The Bertz CT molecular complexity index is 1470. The van der Waals surface area contributed by atoms with Crippen molar-refractivity contribution in [1.82, 2.24) is 19.3 Å². The number of benzene rings is 3. The van der Waals surface area contributed by atoms with Gasteiger partial charge in [0.25, 0.3) is 5.56 Å². The molecule has 0 saturated carbocycles. The molecule has 5 rings (SSSR count). The highest BCUT2D eigenvalue weighted by molar-refractivity contribution is 6.30. The van der Waals surface area contributed by atoms with Gasteiger partial charge in [-0.15, -0.1) is 0 Å². The molecular weight excluding hydrogens is 408 g/mol. The number of hydrogen-bond acceptors (Lipinski definition) is 3. The van der Waals surface area contributed by atoms with Crippen LogP contribution in [0.15, 0.2) is 83.8 Å². The Labute approximate surface area is 184 Å². The number of para-hydroxylation sites is 1. The summed E-state index contributed by atoms with van der Waals surface area (Å²) in [6.45, 7) is 4.03. The van der Waals surface area contributed by atoms with Crippen molar-refractivity contribution >= 4 is 22.6 Å². The molecule has 0 atom stereocenters. The summed E-state index contributed by atoms with van der Waals surface area (Å²) in [7, 11) is 0. The second-order valence-corrected chi connectivity index (χ2v) is 7.94. The lowest BCUT2D eigenvalue weighted by Crippen LogP contribution is -2.22. The van der Waals surface area contributed by atoms with Crippen molar-refractivity contribution in [3.05, 3.63) is 105 Å². The van der Waals surface area contributed by atoms with Gasteiger partial charge in [-0.1, -0.05) is 47.5 Å². The van der Waals surface area contributed by atoms with Gasteiger partial charge in [-0.05, 0) is 61.9 Å². The van der Waals surface area contributed by atoms with E-state index in [1.165, 1.54) is 0 Å². The Morgan fingerprint density at radius 2 is 1.65 bits per heavy atom. The second-order valence-electron chi connectivity index (χ2n) is 7.50. The van der Waals surface area contributed by atoms with E-state index in [4.69, 9.17) is 16.6 Å². The summed E-state index contributed by atoms with van der Waals surface area (Å²) in [5, 5.41) is 5.55. The zero-order valence-electron chi connectivity index (χ0n) is 17.1. The van der Waals surface area contributed by atoms with E-state index in [1.54, 1.807) is 27.6 Å². The largest absolute Gasteiger partial charge is 0.269 e. The first-order valence-electron chi connectivity index (χ1n) is 9.93. The van der Waals surface area contributed by atoms with E-state index < -0.39 is 0 Å². The fraction of sp³-hybridized carbons (Fsp3) is 0.0800. The summed E-state index contributed by atoms with van der Waals surface area (Å²) < 4.78 is 3.36. The van der Waals surface area contributed by atoms with Crippen LogP contribution in [0, 0.1) is 13.8 Å². The van der Waals surface area contributed by atoms with Crippen molar-refractivity contribution < 1.29 is 0 Å². The molecule has 0 spiro atoms. The lowest BCUT2D eigenvalue weighted by atomic mass is 10.1. The molecule has 0 aliphatic rings. The Morgan fingerprint density at radius 1 is 0.903 bits per heavy atom. The number of halogens is 1. The Kier molecular flexibility index (Phi) is 4.68. The van der Waals surface area contributed by atoms with Gasteiger partial charge < -0.3 is 0 Å². The molecule has 0 amide bonds. The van der Waals surface area contributed by atoms with Crippen molar-refractivity contribution in [3.8, 4) is 22.8 Å². The molecule has 0 unspecified atom stereocenters. The average molecular weight is 427 g/mol. The van der Waals surface area contributed by atoms with Gasteiger partial charge in [0.05, 0.1) is 17.6 Å². The summed E-state index contributed by atoms with van der Waals surface area (Å²) in [4.78, 5) is 18.6. The van der Waals surface area contributed by atoms with Crippen molar-refractivity contribution in [2.24, 2.45) is 0 Å². The van der Waals surface area contributed by atoms with Crippen molar-refractivity contribution in [3.63, 3.8) is 0 Å². The highest BCUT2D eigenvalue weighted by atomic mass is 35.5. The third-order valence-electron chi connectivity index (χ3n) is 5.30. The average Bonchev–Trinajstić information content (AvgIpc) is 3.20. The predicted molar refractivity (Wildman–Crippen MR) is 124 cm³/mol. The number of fused-ring (bicyclic) bond motifs is 1. The molecule has 152 valence electrons. The SMILES string of the molecule is Cc1ccc(-n2c(-c3ccc(Cl)cc3)nc3c(cnn3-c3ccccc3)c2=O)c(C)c1. The fourth-order valence-corrected chi connectivity index (χ4v) is 3.92. The van der Waals surface area contributed by atoms with E-state index >= 15 is 0 Å². The molecule has 31 heavy (non-hydrogen) atoms. The van der Waals surface area contributed by atoms with Gasteiger partial charge in [0.2, 0.25) is 0 Å². The van der Waals surface area contributed by atoms with E-state index in [-0.39, 0.29) is 5.56 Å². The zero-order valence-corrected chi connectivity index (χ0v) is 17.8.